The first kappa shape index (κ1) is 19.0. The molecule has 3 aromatic rings. The Morgan fingerprint density at radius 2 is 1.82 bits per heavy atom. The Bertz CT molecular complexity index is 1080. The zero-order chi connectivity index (χ0) is 20.3. The number of nitrogens with zero attached hydrogens (tertiary/aromatic N) is 1. The third kappa shape index (κ3) is 3.98. The van der Waals surface area contributed by atoms with Crippen LogP contribution in [0.5, 0.6) is 0 Å². The molecule has 28 heavy (non-hydrogen) atoms. The van der Waals surface area contributed by atoms with Gasteiger partial charge in [-0.25, -0.2) is 4.39 Å². The topological polar surface area (TPSA) is 117 Å². The molecular weight excluding hydrogens is 367 g/mol. The smallest absolute Gasteiger partial charge is 0.293 e. The van der Waals surface area contributed by atoms with Crippen LogP contribution in [0.15, 0.2) is 42.5 Å². The number of hydrogen-bond donors (Lipinski definition) is 3. The predicted molar refractivity (Wildman–Crippen MR) is 101 cm³/mol. The highest BCUT2D eigenvalue weighted by Crippen LogP contribution is 2.25. The number of amides is 2. The minimum absolute atomic E-state index is 0.117. The Morgan fingerprint density at radius 1 is 1.11 bits per heavy atom. The van der Waals surface area contributed by atoms with Gasteiger partial charge in [-0.2, -0.15) is 0 Å². The van der Waals surface area contributed by atoms with Crippen LogP contribution >= 0.6 is 0 Å². The number of aromatic amines is 1. The molecule has 2 amide bonds. The maximum atomic E-state index is 13.5. The first-order valence-electron chi connectivity index (χ1n) is 8.45. The third-order valence-corrected chi connectivity index (χ3v) is 4.21. The Hall–Kier alpha value is -3.75. The van der Waals surface area contributed by atoms with Crippen molar-refractivity contribution in [1.29, 1.82) is 0 Å². The van der Waals surface area contributed by atoms with Crippen molar-refractivity contribution in [3.05, 3.63) is 75.2 Å². The van der Waals surface area contributed by atoms with Gasteiger partial charge in [-0.3, -0.25) is 19.7 Å². The molecule has 0 unspecified atom stereocenters. The lowest BCUT2D eigenvalue weighted by Gasteiger charge is -2.07. The Balaban J connectivity index is 1.56. The summed E-state index contributed by atoms with van der Waals surface area (Å²) in [5.74, 6) is -1.37. The van der Waals surface area contributed by atoms with Crippen LogP contribution in [0.1, 0.15) is 26.4 Å². The van der Waals surface area contributed by atoms with Crippen LogP contribution in [0.3, 0.4) is 0 Å². The number of para-hydroxylation sites is 1. The quantitative estimate of drug-likeness (QED) is 0.344. The molecule has 0 bridgehead atoms. The standard InChI is InChI=1S/C19H17FN4O4/c1-11-5-6-13(9-14(11)20)18(25)21-7-8-22-19(26)15-10-12-3-2-4-16(24(27)28)17(12)23-15/h2-6,9-10,23H,7-8H2,1H3,(H,21,25)(H,22,26). The van der Waals surface area contributed by atoms with Crippen molar-refractivity contribution in [2.45, 2.75) is 6.92 Å². The molecule has 0 aliphatic rings. The fourth-order valence-corrected chi connectivity index (χ4v) is 2.70. The van der Waals surface area contributed by atoms with Gasteiger partial charge in [0.1, 0.15) is 17.0 Å². The zero-order valence-corrected chi connectivity index (χ0v) is 14.9. The summed E-state index contributed by atoms with van der Waals surface area (Å²) in [6.45, 7) is 1.88. The van der Waals surface area contributed by atoms with Crippen LogP contribution in [0.25, 0.3) is 10.9 Å². The van der Waals surface area contributed by atoms with Gasteiger partial charge in [0.15, 0.2) is 0 Å². The monoisotopic (exact) mass is 384 g/mol. The number of carbonyl (C=O) groups is 2. The molecule has 2 aromatic carbocycles. The normalized spacial score (nSPS) is 10.6. The molecule has 0 saturated carbocycles. The van der Waals surface area contributed by atoms with E-state index in [0.717, 1.165) is 6.07 Å². The van der Waals surface area contributed by atoms with Crippen molar-refractivity contribution < 1.29 is 18.9 Å². The van der Waals surface area contributed by atoms with Crippen LogP contribution in [0, 0.1) is 22.9 Å². The maximum absolute atomic E-state index is 13.5. The highest BCUT2D eigenvalue weighted by Gasteiger charge is 2.16. The minimum atomic E-state index is -0.524. The summed E-state index contributed by atoms with van der Waals surface area (Å²) in [7, 11) is 0. The van der Waals surface area contributed by atoms with Crippen LogP contribution in [-0.4, -0.2) is 34.8 Å². The summed E-state index contributed by atoms with van der Waals surface area (Å²) in [5.41, 5.74) is 0.970. The van der Waals surface area contributed by atoms with E-state index in [9.17, 15) is 24.1 Å². The number of nitro groups is 1. The molecule has 0 saturated heterocycles. The van der Waals surface area contributed by atoms with Gasteiger partial charge in [0, 0.05) is 30.1 Å². The fourth-order valence-electron chi connectivity index (χ4n) is 2.70. The van der Waals surface area contributed by atoms with Crippen LogP contribution in [0.2, 0.25) is 0 Å². The number of H-pyrrole nitrogens is 1. The SMILES string of the molecule is Cc1ccc(C(=O)NCCNC(=O)c2cc3cccc([N+](=O)[O-])c3[nH]2)cc1F. The van der Waals surface area contributed by atoms with E-state index in [4.69, 9.17) is 0 Å². The van der Waals surface area contributed by atoms with Gasteiger partial charge < -0.3 is 15.6 Å². The van der Waals surface area contributed by atoms with Crippen LogP contribution < -0.4 is 10.6 Å². The molecule has 144 valence electrons. The number of non-ortho nitro benzene ring substituents is 1. The number of fused-ring (bicyclic) bond motifs is 1. The summed E-state index contributed by atoms with van der Waals surface area (Å²) in [6, 6.07) is 10.3. The van der Waals surface area contributed by atoms with Gasteiger partial charge in [0.25, 0.3) is 17.5 Å². The lowest BCUT2D eigenvalue weighted by Crippen LogP contribution is -2.34. The van der Waals surface area contributed by atoms with E-state index in [1.807, 2.05) is 0 Å². The molecule has 0 atom stereocenters. The van der Waals surface area contributed by atoms with E-state index >= 15 is 0 Å². The van der Waals surface area contributed by atoms with Gasteiger partial charge in [0.2, 0.25) is 0 Å². The first-order chi connectivity index (χ1) is 13.4. The van der Waals surface area contributed by atoms with Gasteiger partial charge >= 0.3 is 0 Å². The summed E-state index contributed by atoms with van der Waals surface area (Å²) in [5, 5.41) is 16.8. The number of benzene rings is 2. The number of carbonyl (C=O) groups excluding carboxylic acids is 2. The average Bonchev–Trinajstić information content (AvgIpc) is 3.11. The van der Waals surface area contributed by atoms with Crippen molar-refractivity contribution in [2.75, 3.05) is 13.1 Å². The second-order valence-electron chi connectivity index (χ2n) is 6.16. The predicted octanol–water partition coefficient (Wildman–Crippen LogP) is 2.68. The Labute approximate surface area is 158 Å². The lowest BCUT2D eigenvalue weighted by atomic mass is 10.1. The third-order valence-electron chi connectivity index (χ3n) is 4.21. The second-order valence-corrected chi connectivity index (χ2v) is 6.16. The molecular formula is C19H17FN4O4. The largest absolute Gasteiger partial charge is 0.350 e. The van der Waals surface area contributed by atoms with Crippen LogP contribution in [-0.2, 0) is 0 Å². The van der Waals surface area contributed by atoms with Crippen molar-refractivity contribution in [3.63, 3.8) is 0 Å². The number of nitro benzene ring substituents is 1. The van der Waals surface area contributed by atoms with E-state index in [-0.39, 0.29) is 35.6 Å². The average molecular weight is 384 g/mol. The summed E-state index contributed by atoms with van der Waals surface area (Å²) in [4.78, 5) is 37.5. The van der Waals surface area contributed by atoms with Gasteiger partial charge in [-0.15, -0.1) is 0 Å². The molecule has 1 heterocycles. The molecule has 0 aliphatic carbocycles. The van der Waals surface area contributed by atoms with Gasteiger partial charge in [-0.05, 0) is 30.7 Å². The number of hydrogen-bond acceptors (Lipinski definition) is 4. The van der Waals surface area contributed by atoms with E-state index in [1.165, 1.54) is 24.3 Å². The maximum Gasteiger partial charge on any atom is 0.293 e. The zero-order valence-electron chi connectivity index (χ0n) is 14.9. The Morgan fingerprint density at radius 3 is 2.50 bits per heavy atom. The summed E-state index contributed by atoms with van der Waals surface area (Å²) >= 11 is 0. The van der Waals surface area contributed by atoms with Gasteiger partial charge in [0.05, 0.1) is 4.92 Å². The second kappa shape index (κ2) is 7.87. The molecule has 1 aromatic heterocycles. The molecule has 3 N–H and O–H groups in total. The van der Waals surface area contributed by atoms with E-state index in [1.54, 1.807) is 19.1 Å². The Kier molecular flexibility index (Phi) is 5.35. The number of aromatic nitrogens is 1. The van der Waals surface area contributed by atoms with E-state index in [2.05, 4.69) is 15.6 Å². The highest BCUT2D eigenvalue weighted by atomic mass is 19.1. The number of rotatable bonds is 6. The van der Waals surface area contributed by atoms with Crippen molar-refractivity contribution >= 4 is 28.4 Å². The molecule has 0 aliphatic heterocycles. The number of aryl methyl sites for hydroxylation is 1. The molecule has 3 rings (SSSR count). The lowest BCUT2D eigenvalue weighted by molar-refractivity contribution is -0.383. The number of nitrogens with one attached hydrogen (secondary N) is 3. The molecule has 9 heteroatoms. The first-order valence-corrected chi connectivity index (χ1v) is 8.45. The number of halogens is 1. The molecule has 0 fully saturated rings. The molecule has 0 radical (unpaired) electrons. The van der Waals surface area contributed by atoms with Crippen molar-refractivity contribution in [1.82, 2.24) is 15.6 Å². The minimum Gasteiger partial charge on any atom is -0.350 e. The summed E-state index contributed by atoms with van der Waals surface area (Å²) < 4.78 is 13.5. The van der Waals surface area contributed by atoms with E-state index < -0.39 is 22.6 Å². The highest BCUT2D eigenvalue weighted by molar-refractivity contribution is 6.00. The molecule has 0 spiro atoms. The fraction of sp³-hybridized carbons (Fsp3) is 0.158. The van der Waals surface area contributed by atoms with Crippen molar-refractivity contribution in [3.8, 4) is 0 Å². The van der Waals surface area contributed by atoms with Gasteiger partial charge in [-0.1, -0.05) is 18.2 Å². The van der Waals surface area contributed by atoms with Crippen LogP contribution in [0.4, 0.5) is 10.1 Å². The summed E-state index contributed by atoms with van der Waals surface area (Å²) in [6.07, 6.45) is 0. The van der Waals surface area contributed by atoms with Crippen molar-refractivity contribution in [2.24, 2.45) is 0 Å². The molecule has 8 nitrogen and oxygen atoms in total. The van der Waals surface area contributed by atoms with E-state index in [0.29, 0.717) is 10.9 Å².